The number of allylic oxidation sites excluding steroid dienone is 8. The van der Waals surface area contributed by atoms with Gasteiger partial charge in [0.25, 0.3) is 0 Å². The van der Waals surface area contributed by atoms with Crippen LogP contribution in [-0.2, 0) is 14.4 Å². The molecule has 2 fully saturated rings. The minimum atomic E-state index is -3.95. The van der Waals surface area contributed by atoms with Gasteiger partial charge in [-0.2, -0.15) is 0 Å². The van der Waals surface area contributed by atoms with E-state index >= 15 is 0 Å². The van der Waals surface area contributed by atoms with E-state index in [4.69, 9.17) is 0 Å². The summed E-state index contributed by atoms with van der Waals surface area (Å²) in [4.78, 5) is 0. The Morgan fingerprint density at radius 2 is 1.17 bits per heavy atom. The molecule has 0 heterocycles. The molecule has 4 unspecified atom stereocenters. The van der Waals surface area contributed by atoms with Gasteiger partial charge >= 0.3 is 145 Å². The molecule has 0 radical (unpaired) electrons. The predicted octanol–water partition coefficient (Wildman–Crippen LogP) is 6.66. The van der Waals surface area contributed by atoms with Gasteiger partial charge in [0, 0.05) is 0 Å². The van der Waals surface area contributed by atoms with Crippen LogP contribution in [0.4, 0.5) is 0 Å². The van der Waals surface area contributed by atoms with Crippen LogP contribution >= 0.6 is 0 Å². The van der Waals surface area contributed by atoms with Crippen LogP contribution in [0.25, 0.3) is 0 Å². The Labute approximate surface area is 144 Å². The van der Waals surface area contributed by atoms with Crippen molar-refractivity contribution >= 4 is 6.88 Å². The molecule has 132 valence electrons. The van der Waals surface area contributed by atoms with E-state index in [2.05, 4.69) is 61.9 Å². The minimum absolute atomic E-state index is 0.846. The summed E-state index contributed by atoms with van der Waals surface area (Å²) < 4.78 is 13.0. The van der Waals surface area contributed by atoms with E-state index in [-0.39, 0.29) is 0 Å². The first-order chi connectivity index (χ1) is 10.9. The standard InChI is InChI=1S/2C9H11.4CH3.H2Si.Zr/c2*1-2-5-9-7-3-6-8(9)4-1;;;;;;/h2*1-2,4,6,9H,3,5,7H2;4*1H3;1H2;. The maximum absolute atomic E-state index is 3.95. The van der Waals surface area contributed by atoms with Crippen molar-refractivity contribution in [3.8, 4) is 0 Å². The van der Waals surface area contributed by atoms with Gasteiger partial charge in [-0.05, 0) is 0 Å². The molecule has 0 bridgehead atoms. The van der Waals surface area contributed by atoms with Gasteiger partial charge in [-0.1, -0.05) is 0 Å². The van der Waals surface area contributed by atoms with Crippen molar-refractivity contribution in [3.63, 3.8) is 0 Å². The molecular formula is C22H36SiZr. The second-order valence-electron chi connectivity index (χ2n) is 13.6. The monoisotopic (exact) mass is 418 g/mol. The molecule has 0 aliphatic heterocycles. The van der Waals surface area contributed by atoms with Gasteiger partial charge in [0.15, 0.2) is 0 Å². The quantitative estimate of drug-likeness (QED) is 0.439. The molecule has 2 heteroatoms. The summed E-state index contributed by atoms with van der Waals surface area (Å²) >= 11 is -3.95. The molecular weight excluding hydrogens is 384 g/mol. The summed E-state index contributed by atoms with van der Waals surface area (Å²) in [6.45, 7) is 2.53. The van der Waals surface area contributed by atoms with E-state index in [9.17, 15) is 0 Å². The Kier molecular flexibility index (Phi) is 3.13. The van der Waals surface area contributed by atoms with Crippen molar-refractivity contribution in [2.75, 3.05) is 0 Å². The average Bonchev–Trinajstić information content (AvgIpc) is 3.11. The van der Waals surface area contributed by atoms with Crippen molar-refractivity contribution < 1.29 is 14.4 Å². The first kappa shape index (κ1) is 17.5. The molecule has 0 spiro atoms. The summed E-state index contributed by atoms with van der Waals surface area (Å²) in [6, 6.07) is 0. The molecule has 0 nitrogen and oxygen atoms in total. The van der Waals surface area contributed by atoms with Gasteiger partial charge in [0.1, 0.15) is 0 Å². The molecule has 0 aromatic carbocycles. The van der Waals surface area contributed by atoms with E-state index in [1.54, 1.807) is 0 Å². The van der Waals surface area contributed by atoms with Crippen LogP contribution in [0.3, 0.4) is 0 Å². The van der Waals surface area contributed by atoms with Crippen LogP contribution < -0.4 is 0 Å². The van der Waals surface area contributed by atoms with Gasteiger partial charge in [-0.15, -0.1) is 0 Å². The summed E-state index contributed by atoms with van der Waals surface area (Å²) in [5.74, 6) is 1.69. The SMILES string of the molecule is [CH3][Zr]([CH3])([CH3])([CH3])(=[SiH2])([CH]1CCC2CC=CC=C21)[CH]1CCC2CC=CC=C21. The number of hydrogen-bond donors (Lipinski definition) is 0. The molecule has 24 heavy (non-hydrogen) atoms. The third-order valence-electron chi connectivity index (χ3n) is 8.73. The zero-order valence-corrected chi connectivity index (χ0v) is 20.1. The Morgan fingerprint density at radius 3 is 1.58 bits per heavy atom. The van der Waals surface area contributed by atoms with Crippen molar-refractivity contribution in [1.29, 1.82) is 0 Å². The van der Waals surface area contributed by atoms with Gasteiger partial charge < -0.3 is 0 Å². The van der Waals surface area contributed by atoms with Crippen LogP contribution in [0.2, 0.25) is 25.8 Å². The Balaban J connectivity index is 1.90. The van der Waals surface area contributed by atoms with Gasteiger partial charge in [0.2, 0.25) is 0 Å². The third kappa shape index (κ3) is 2.38. The molecule has 0 N–H and O–H groups in total. The van der Waals surface area contributed by atoms with Gasteiger partial charge in [-0.25, -0.2) is 0 Å². The van der Waals surface area contributed by atoms with Crippen molar-refractivity contribution in [2.24, 2.45) is 11.8 Å². The first-order valence-corrected chi connectivity index (χ1v) is 28.9. The molecule has 4 rings (SSSR count). The summed E-state index contributed by atoms with van der Waals surface area (Å²) in [5.41, 5.74) is 3.67. The predicted molar refractivity (Wildman–Crippen MR) is 109 cm³/mol. The Morgan fingerprint density at radius 1 is 0.750 bits per heavy atom. The van der Waals surface area contributed by atoms with E-state index in [0.717, 1.165) is 19.1 Å². The number of fused-ring (bicyclic) bond motifs is 2. The third-order valence-corrected chi connectivity index (χ3v) is 35.7. The first-order valence-electron chi connectivity index (χ1n) is 10.3. The van der Waals surface area contributed by atoms with E-state index in [1.807, 2.05) is 11.1 Å². The van der Waals surface area contributed by atoms with Gasteiger partial charge in [-0.3, -0.25) is 0 Å². The topological polar surface area (TPSA) is 0 Å². The second kappa shape index (κ2) is 4.30. The molecule has 2 saturated carbocycles. The molecule has 0 aromatic heterocycles. The van der Waals surface area contributed by atoms with Crippen LogP contribution in [0.1, 0.15) is 38.5 Å². The average molecular weight is 420 g/mol. The maximum atomic E-state index is 2.83. The fourth-order valence-electron chi connectivity index (χ4n) is 7.36. The number of rotatable bonds is 2. The number of hydrogen-bond acceptors (Lipinski definition) is 0. The summed E-state index contributed by atoms with van der Waals surface area (Å²) in [5, 5.41) is 0. The summed E-state index contributed by atoms with van der Waals surface area (Å²) in [6.07, 6.45) is 22.8. The Bertz CT molecular complexity index is 765. The van der Waals surface area contributed by atoms with Crippen LogP contribution in [0, 0.1) is 11.8 Å². The van der Waals surface area contributed by atoms with E-state index in [0.29, 0.717) is 0 Å². The molecule has 0 aromatic rings. The van der Waals surface area contributed by atoms with Crippen LogP contribution in [0.5, 0.6) is 0 Å². The van der Waals surface area contributed by atoms with Crippen molar-refractivity contribution in [2.45, 2.75) is 64.3 Å². The molecule has 0 amide bonds. The van der Waals surface area contributed by atoms with Crippen LogP contribution in [0.15, 0.2) is 47.6 Å². The molecule has 4 atom stereocenters. The molecule has 0 saturated heterocycles. The normalized spacial score (nSPS) is 39.8. The van der Waals surface area contributed by atoms with Crippen molar-refractivity contribution in [3.05, 3.63) is 47.6 Å². The zero-order valence-electron chi connectivity index (χ0n) is 16.2. The fraction of sp³-hybridized carbons (Fsp3) is 0.636. The second-order valence-corrected chi connectivity index (χ2v) is 74.5. The molecule has 4 aliphatic carbocycles. The molecule has 4 aliphatic rings. The van der Waals surface area contributed by atoms with E-state index in [1.165, 1.54) is 38.5 Å². The summed E-state index contributed by atoms with van der Waals surface area (Å²) in [7, 11) is 0. The van der Waals surface area contributed by atoms with Crippen LogP contribution in [-0.4, -0.2) is 6.88 Å². The fourth-order valence-corrected chi connectivity index (χ4v) is 32.4. The van der Waals surface area contributed by atoms with Crippen molar-refractivity contribution in [1.82, 2.24) is 0 Å². The zero-order chi connectivity index (χ0) is 17.3. The van der Waals surface area contributed by atoms with E-state index < -0.39 is 14.4 Å². The van der Waals surface area contributed by atoms with Gasteiger partial charge in [0.05, 0.1) is 0 Å². The Hall–Kier alpha value is 0.0600.